The Labute approximate surface area is 161 Å². The van der Waals surface area contributed by atoms with Gasteiger partial charge < -0.3 is 9.15 Å². The van der Waals surface area contributed by atoms with Crippen molar-refractivity contribution in [1.29, 1.82) is 0 Å². The van der Waals surface area contributed by atoms with Crippen molar-refractivity contribution >= 4 is 11.0 Å². The van der Waals surface area contributed by atoms with Crippen LogP contribution in [0.2, 0.25) is 0 Å². The zero-order valence-corrected chi connectivity index (χ0v) is 15.4. The molecule has 3 aromatic heterocycles. The minimum absolute atomic E-state index is 0.148. The van der Waals surface area contributed by atoms with Crippen LogP contribution < -0.4 is 4.74 Å². The second-order valence-corrected chi connectivity index (χ2v) is 6.41. The predicted octanol–water partition coefficient (Wildman–Crippen LogP) is 4.39. The van der Waals surface area contributed by atoms with Crippen LogP contribution in [0.5, 0.6) is 5.75 Å². The van der Waals surface area contributed by atoms with Gasteiger partial charge in [-0.15, -0.1) is 10.2 Å². The van der Waals surface area contributed by atoms with E-state index in [0.29, 0.717) is 23.8 Å². The summed E-state index contributed by atoms with van der Waals surface area (Å²) in [6.07, 6.45) is 5.15. The van der Waals surface area contributed by atoms with Crippen LogP contribution in [-0.2, 0) is 12.8 Å². The Morgan fingerprint density at radius 2 is 1.93 bits per heavy atom. The first-order valence-corrected chi connectivity index (χ1v) is 9.10. The van der Waals surface area contributed by atoms with E-state index in [-0.39, 0.29) is 5.75 Å². The van der Waals surface area contributed by atoms with Gasteiger partial charge in [-0.1, -0.05) is 0 Å². The lowest BCUT2D eigenvalue weighted by Crippen LogP contribution is -1.94. The van der Waals surface area contributed by atoms with Crippen LogP contribution in [0.15, 0.2) is 53.1 Å². The number of pyridine rings is 2. The molecule has 0 unspecified atom stereocenters. The van der Waals surface area contributed by atoms with Gasteiger partial charge in [0, 0.05) is 29.3 Å². The molecule has 0 aliphatic heterocycles. The van der Waals surface area contributed by atoms with Crippen molar-refractivity contribution < 1.29 is 13.5 Å². The van der Waals surface area contributed by atoms with E-state index in [1.165, 1.54) is 13.2 Å². The number of rotatable bonds is 7. The van der Waals surface area contributed by atoms with Gasteiger partial charge in [-0.2, -0.15) is 0 Å². The fourth-order valence-electron chi connectivity index (χ4n) is 2.98. The molecule has 0 atom stereocenters. The lowest BCUT2D eigenvalue weighted by atomic mass is 10.1. The quantitative estimate of drug-likeness (QED) is 0.444. The van der Waals surface area contributed by atoms with Crippen LogP contribution in [0.4, 0.5) is 4.39 Å². The molecule has 1 aromatic carbocycles. The van der Waals surface area contributed by atoms with Crippen molar-refractivity contribution in [2.45, 2.75) is 25.7 Å². The molecule has 0 saturated carbocycles. The number of hydrogen-bond donors (Lipinski definition) is 0. The summed E-state index contributed by atoms with van der Waals surface area (Å²) in [6, 6.07) is 12.5. The van der Waals surface area contributed by atoms with Crippen molar-refractivity contribution in [3.63, 3.8) is 0 Å². The Morgan fingerprint density at radius 3 is 2.82 bits per heavy atom. The number of aryl methyl sites for hydroxylation is 2. The van der Waals surface area contributed by atoms with E-state index in [0.717, 1.165) is 36.0 Å². The molecule has 3 heterocycles. The Balaban J connectivity index is 1.33. The molecule has 6 nitrogen and oxygen atoms in total. The SMILES string of the molecule is COc1cc(-c2nnc(CCCCc3ccc4cccnc4n3)o2)ccc1F. The highest BCUT2D eigenvalue weighted by Gasteiger charge is 2.12. The van der Waals surface area contributed by atoms with Crippen molar-refractivity contribution in [3.8, 4) is 17.2 Å². The summed E-state index contributed by atoms with van der Waals surface area (Å²) in [4.78, 5) is 8.87. The average Bonchev–Trinajstić information content (AvgIpc) is 3.20. The second-order valence-electron chi connectivity index (χ2n) is 6.41. The predicted molar refractivity (Wildman–Crippen MR) is 102 cm³/mol. The maximum Gasteiger partial charge on any atom is 0.247 e. The first-order chi connectivity index (χ1) is 13.7. The van der Waals surface area contributed by atoms with E-state index in [1.54, 1.807) is 18.3 Å². The third-order valence-corrected chi connectivity index (χ3v) is 4.46. The van der Waals surface area contributed by atoms with Gasteiger partial charge in [0.15, 0.2) is 17.2 Å². The number of aromatic nitrogens is 4. The summed E-state index contributed by atoms with van der Waals surface area (Å²) >= 11 is 0. The number of ether oxygens (including phenoxy) is 1. The fourth-order valence-corrected chi connectivity index (χ4v) is 2.98. The summed E-state index contributed by atoms with van der Waals surface area (Å²) < 4.78 is 24.2. The van der Waals surface area contributed by atoms with E-state index >= 15 is 0 Å². The van der Waals surface area contributed by atoms with Crippen LogP contribution in [0.3, 0.4) is 0 Å². The van der Waals surface area contributed by atoms with Gasteiger partial charge in [-0.3, -0.25) is 0 Å². The van der Waals surface area contributed by atoms with Gasteiger partial charge in [0.2, 0.25) is 11.8 Å². The zero-order chi connectivity index (χ0) is 19.3. The van der Waals surface area contributed by atoms with Gasteiger partial charge in [-0.25, -0.2) is 14.4 Å². The van der Waals surface area contributed by atoms with E-state index in [2.05, 4.69) is 20.2 Å². The molecule has 28 heavy (non-hydrogen) atoms. The Bertz CT molecular complexity index is 1100. The zero-order valence-electron chi connectivity index (χ0n) is 15.4. The van der Waals surface area contributed by atoms with Crippen molar-refractivity contribution in [1.82, 2.24) is 20.2 Å². The topological polar surface area (TPSA) is 73.9 Å². The standard InChI is InChI=1S/C21H19FN4O2/c1-27-18-13-15(9-11-17(18)22)21-26-25-19(28-21)7-3-2-6-16-10-8-14-5-4-12-23-20(14)24-16/h4-5,8-13H,2-3,6-7H2,1H3. The molecule has 7 heteroatoms. The molecule has 0 spiro atoms. The molecular weight excluding hydrogens is 359 g/mol. The summed E-state index contributed by atoms with van der Waals surface area (Å²) in [7, 11) is 1.42. The highest BCUT2D eigenvalue weighted by molar-refractivity contribution is 5.74. The minimum atomic E-state index is -0.427. The first kappa shape index (κ1) is 18.0. The van der Waals surface area contributed by atoms with E-state index in [1.807, 2.05) is 24.3 Å². The second kappa shape index (κ2) is 8.12. The molecular formula is C21H19FN4O2. The van der Waals surface area contributed by atoms with Gasteiger partial charge in [0.25, 0.3) is 0 Å². The number of nitrogens with zero attached hydrogens (tertiary/aromatic N) is 4. The van der Waals surface area contributed by atoms with E-state index in [9.17, 15) is 4.39 Å². The van der Waals surface area contributed by atoms with Crippen LogP contribution in [0.25, 0.3) is 22.5 Å². The van der Waals surface area contributed by atoms with Crippen molar-refractivity contribution in [2.75, 3.05) is 7.11 Å². The molecule has 4 aromatic rings. The number of unbranched alkanes of at least 4 members (excludes halogenated alkanes) is 1. The lowest BCUT2D eigenvalue weighted by Gasteiger charge is -2.02. The first-order valence-electron chi connectivity index (χ1n) is 9.10. The largest absolute Gasteiger partial charge is 0.494 e. The third-order valence-electron chi connectivity index (χ3n) is 4.46. The van der Waals surface area contributed by atoms with Crippen LogP contribution >= 0.6 is 0 Å². The maximum atomic E-state index is 13.5. The Morgan fingerprint density at radius 1 is 1.04 bits per heavy atom. The van der Waals surface area contributed by atoms with Gasteiger partial charge >= 0.3 is 0 Å². The average molecular weight is 378 g/mol. The lowest BCUT2D eigenvalue weighted by molar-refractivity contribution is 0.386. The Kier molecular flexibility index (Phi) is 5.23. The molecule has 0 radical (unpaired) electrons. The number of methoxy groups -OCH3 is 1. The van der Waals surface area contributed by atoms with Crippen LogP contribution in [0, 0.1) is 5.82 Å². The number of fused-ring (bicyclic) bond motifs is 1. The Hall–Kier alpha value is -3.35. The smallest absolute Gasteiger partial charge is 0.247 e. The molecule has 0 bridgehead atoms. The summed E-state index contributed by atoms with van der Waals surface area (Å²) in [6.45, 7) is 0. The summed E-state index contributed by atoms with van der Waals surface area (Å²) in [5, 5.41) is 9.17. The van der Waals surface area contributed by atoms with E-state index in [4.69, 9.17) is 9.15 Å². The highest BCUT2D eigenvalue weighted by Crippen LogP contribution is 2.25. The van der Waals surface area contributed by atoms with E-state index < -0.39 is 5.82 Å². The fraction of sp³-hybridized carbons (Fsp3) is 0.238. The monoisotopic (exact) mass is 378 g/mol. The molecule has 0 aliphatic carbocycles. The molecule has 0 saturated heterocycles. The van der Waals surface area contributed by atoms with Crippen molar-refractivity contribution in [3.05, 3.63) is 66.1 Å². The van der Waals surface area contributed by atoms with Crippen LogP contribution in [0.1, 0.15) is 24.4 Å². The van der Waals surface area contributed by atoms with Crippen molar-refractivity contribution in [2.24, 2.45) is 0 Å². The normalized spacial score (nSPS) is 11.1. The molecule has 0 fully saturated rings. The van der Waals surface area contributed by atoms with Gasteiger partial charge in [0.05, 0.1) is 7.11 Å². The van der Waals surface area contributed by atoms with Crippen LogP contribution in [-0.4, -0.2) is 27.3 Å². The van der Waals surface area contributed by atoms with Gasteiger partial charge in [0.1, 0.15) is 0 Å². The number of halogens is 1. The minimum Gasteiger partial charge on any atom is -0.494 e. The molecule has 142 valence electrons. The molecule has 0 aliphatic rings. The number of hydrogen-bond acceptors (Lipinski definition) is 6. The molecule has 4 rings (SSSR count). The molecule has 0 N–H and O–H groups in total. The third kappa shape index (κ3) is 3.98. The number of benzene rings is 1. The highest BCUT2D eigenvalue weighted by atomic mass is 19.1. The summed E-state index contributed by atoms with van der Waals surface area (Å²) in [5.74, 6) is 0.639. The summed E-state index contributed by atoms with van der Waals surface area (Å²) in [5.41, 5.74) is 2.43. The molecule has 0 amide bonds. The van der Waals surface area contributed by atoms with Gasteiger partial charge in [-0.05, 0) is 61.7 Å². The maximum absolute atomic E-state index is 13.5.